The summed E-state index contributed by atoms with van der Waals surface area (Å²) in [5, 5.41) is 13.6. The van der Waals surface area contributed by atoms with E-state index in [2.05, 4.69) is 29.6 Å². The van der Waals surface area contributed by atoms with Crippen molar-refractivity contribution in [2.45, 2.75) is 46.1 Å². The third kappa shape index (κ3) is 2.61. The Kier molecular flexibility index (Phi) is 3.68. The molecule has 0 radical (unpaired) electrons. The van der Waals surface area contributed by atoms with E-state index in [9.17, 15) is 0 Å². The highest BCUT2D eigenvalue weighted by atomic mass is 32.1. The van der Waals surface area contributed by atoms with Gasteiger partial charge >= 0.3 is 0 Å². The molecule has 2 rings (SSSR count). The van der Waals surface area contributed by atoms with E-state index in [1.54, 1.807) is 0 Å². The third-order valence-corrected chi connectivity index (χ3v) is 4.59. The molecule has 92 valence electrons. The maximum atomic E-state index is 9.10. The summed E-state index contributed by atoms with van der Waals surface area (Å²) < 4.78 is 4.25. The summed E-state index contributed by atoms with van der Waals surface area (Å²) in [5.74, 6) is 1.51. The summed E-state index contributed by atoms with van der Waals surface area (Å²) in [5.41, 5.74) is 1.57. The summed E-state index contributed by atoms with van der Waals surface area (Å²) >= 11 is 1.41. The molecule has 0 spiro atoms. The zero-order chi connectivity index (χ0) is 12.4. The molecule has 0 aliphatic heterocycles. The highest BCUT2D eigenvalue weighted by Crippen LogP contribution is 2.33. The van der Waals surface area contributed by atoms with E-state index in [4.69, 9.17) is 5.26 Å². The van der Waals surface area contributed by atoms with Crippen LogP contribution in [0.2, 0.25) is 0 Å². The van der Waals surface area contributed by atoms with E-state index in [0.29, 0.717) is 12.0 Å². The number of nitrogens with one attached hydrogen (secondary N) is 1. The Balaban J connectivity index is 2.08. The van der Waals surface area contributed by atoms with Gasteiger partial charge in [0.2, 0.25) is 0 Å². The lowest BCUT2D eigenvalue weighted by Crippen LogP contribution is -2.32. The van der Waals surface area contributed by atoms with Crippen molar-refractivity contribution in [3.05, 3.63) is 11.3 Å². The molecule has 0 aromatic carbocycles. The van der Waals surface area contributed by atoms with Crippen molar-refractivity contribution >= 4 is 16.5 Å². The minimum absolute atomic E-state index is 0.498. The topological polar surface area (TPSA) is 48.7 Å². The number of hydrogen-bond acceptors (Lipinski definition) is 4. The number of aryl methyl sites for hydroxylation is 1. The second kappa shape index (κ2) is 5.05. The van der Waals surface area contributed by atoms with Gasteiger partial charge in [0.25, 0.3) is 0 Å². The van der Waals surface area contributed by atoms with Gasteiger partial charge in [-0.15, -0.1) is 0 Å². The molecule has 3 atom stereocenters. The number of rotatable bonds is 2. The number of nitriles is 1. The minimum Gasteiger partial charge on any atom is -0.372 e. The average molecular weight is 249 g/mol. The van der Waals surface area contributed by atoms with Gasteiger partial charge in [0.1, 0.15) is 16.6 Å². The first-order chi connectivity index (χ1) is 8.11. The second-order valence-electron chi connectivity index (χ2n) is 5.23. The lowest BCUT2D eigenvalue weighted by Gasteiger charge is -2.33. The van der Waals surface area contributed by atoms with Crippen molar-refractivity contribution in [2.75, 3.05) is 5.32 Å². The van der Waals surface area contributed by atoms with Gasteiger partial charge in [-0.1, -0.05) is 13.8 Å². The largest absolute Gasteiger partial charge is 0.372 e. The van der Waals surface area contributed by atoms with Gasteiger partial charge in [-0.3, -0.25) is 0 Å². The first kappa shape index (κ1) is 12.4. The smallest absolute Gasteiger partial charge is 0.127 e. The van der Waals surface area contributed by atoms with Crippen molar-refractivity contribution in [2.24, 2.45) is 11.8 Å². The highest BCUT2D eigenvalue weighted by Gasteiger charge is 2.26. The molecule has 1 saturated carbocycles. The van der Waals surface area contributed by atoms with E-state index in [0.717, 1.165) is 22.2 Å². The monoisotopic (exact) mass is 249 g/mol. The Morgan fingerprint density at radius 2 is 2.18 bits per heavy atom. The normalized spacial score (nSPS) is 28.7. The van der Waals surface area contributed by atoms with Crippen LogP contribution in [0, 0.1) is 30.1 Å². The molecule has 1 fully saturated rings. The van der Waals surface area contributed by atoms with Crippen molar-refractivity contribution < 1.29 is 0 Å². The molecule has 0 bridgehead atoms. The van der Waals surface area contributed by atoms with Crippen molar-refractivity contribution in [1.29, 1.82) is 5.26 Å². The molecule has 1 aliphatic rings. The Morgan fingerprint density at radius 3 is 2.82 bits per heavy atom. The molecule has 1 aromatic heterocycles. The zero-order valence-electron chi connectivity index (χ0n) is 10.7. The van der Waals surface area contributed by atoms with Crippen LogP contribution in [0.15, 0.2) is 0 Å². The predicted molar refractivity (Wildman–Crippen MR) is 71.2 cm³/mol. The highest BCUT2D eigenvalue weighted by molar-refractivity contribution is 7.10. The summed E-state index contributed by atoms with van der Waals surface area (Å²) in [6, 6.07) is 2.74. The van der Waals surface area contributed by atoms with Gasteiger partial charge in [0.05, 0.1) is 5.69 Å². The van der Waals surface area contributed by atoms with E-state index in [1.165, 1.54) is 30.8 Å². The average Bonchev–Trinajstić information content (AvgIpc) is 2.63. The molecule has 1 aromatic rings. The summed E-state index contributed by atoms with van der Waals surface area (Å²) in [6.07, 6.45) is 3.75. The fraction of sp³-hybridized carbons (Fsp3) is 0.692. The number of aromatic nitrogens is 1. The number of nitrogens with zero attached hydrogens (tertiary/aromatic N) is 2. The molecular formula is C13H19N3S. The fourth-order valence-corrected chi connectivity index (χ4v) is 3.46. The Hall–Kier alpha value is -1.08. The SMILES string of the molecule is Cc1nsc(NC2CCC(C)CC2C)c1C#N. The molecule has 0 amide bonds. The maximum Gasteiger partial charge on any atom is 0.127 e. The van der Waals surface area contributed by atoms with Crippen LogP contribution in [-0.2, 0) is 0 Å². The lowest BCUT2D eigenvalue weighted by atomic mass is 9.80. The number of hydrogen-bond donors (Lipinski definition) is 1. The predicted octanol–water partition coefficient (Wildman–Crippen LogP) is 3.56. The Bertz CT molecular complexity index is 432. The van der Waals surface area contributed by atoms with E-state index in [-0.39, 0.29) is 0 Å². The van der Waals surface area contributed by atoms with E-state index < -0.39 is 0 Å². The van der Waals surface area contributed by atoms with Crippen LogP contribution in [0.5, 0.6) is 0 Å². The van der Waals surface area contributed by atoms with Gasteiger partial charge in [0.15, 0.2) is 0 Å². The zero-order valence-corrected chi connectivity index (χ0v) is 11.5. The quantitative estimate of drug-likeness (QED) is 0.871. The van der Waals surface area contributed by atoms with E-state index in [1.807, 2.05) is 6.92 Å². The summed E-state index contributed by atoms with van der Waals surface area (Å²) in [7, 11) is 0. The summed E-state index contributed by atoms with van der Waals surface area (Å²) in [4.78, 5) is 0. The molecule has 1 aliphatic carbocycles. The van der Waals surface area contributed by atoms with Crippen LogP contribution in [-0.4, -0.2) is 10.4 Å². The van der Waals surface area contributed by atoms with Crippen molar-refractivity contribution in [3.63, 3.8) is 0 Å². The minimum atomic E-state index is 0.498. The van der Waals surface area contributed by atoms with Gasteiger partial charge in [0, 0.05) is 6.04 Å². The molecule has 1 N–H and O–H groups in total. The van der Waals surface area contributed by atoms with Crippen molar-refractivity contribution in [3.8, 4) is 6.07 Å². The molecule has 4 heteroatoms. The first-order valence-corrected chi connectivity index (χ1v) is 7.02. The molecule has 3 unspecified atom stereocenters. The fourth-order valence-electron chi connectivity index (χ4n) is 2.65. The van der Waals surface area contributed by atoms with Gasteiger partial charge in [-0.25, -0.2) is 0 Å². The van der Waals surface area contributed by atoms with Crippen LogP contribution in [0.25, 0.3) is 0 Å². The van der Waals surface area contributed by atoms with Crippen LogP contribution in [0.3, 0.4) is 0 Å². The van der Waals surface area contributed by atoms with E-state index >= 15 is 0 Å². The molecule has 0 saturated heterocycles. The second-order valence-corrected chi connectivity index (χ2v) is 6.00. The first-order valence-electron chi connectivity index (χ1n) is 6.24. The van der Waals surface area contributed by atoms with Crippen LogP contribution < -0.4 is 5.32 Å². The van der Waals surface area contributed by atoms with Crippen LogP contribution in [0.4, 0.5) is 5.00 Å². The van der Waals surface area contributed by atoms with Crippen LogP contribution >= 0.6 is 11.5 Å². The standard InChI is InChI=1S/C13H19N3S/c1-8-4-5-12(9(2)6-8)15-13-11(7-14)10(3)16-17-13/h8-9,12,15H,4-6H2,1-3H3. The van der Waals surface area contributed by atoms with Crippen LogP contribution in [0.1, 0.15) is 44.4 Å². The summed E-state index contributed by atoms with van der Waals surface area (Å²) in [6.45, 7) is 6.52. The Morgan fingerprint density at radius 1 is 1.41 bits per heavy atom. The molecule has 17 heavy (non-hydrogen) atoms. The molecule has 3 nitrogen and oxygen atoms in total. The lowest BCUT2D eigenvalue weighted by molar-refractivity contribution is 0.277. The van der Waals surface area contributed by atoms with Gasteiger partial charge < -0.3 is 5.32 Å². The maximum absolute atomic E-state index is 9.10. The molecular weight excluding hydrogens is 230 g/mol. The molecule has 1 heterocycles. The van der Waals surface area contributed by atoms with Gasteiger partial charge in [-0.05, 0) is 49.6 Å². The Labute approximate surface area is 107 Å². The van der Waals surface area contributed by atoms with Crippen molar-refractivity contribution in [1.82, 2.24) is 4.37 Å². The third-order valence-electron chi connectivity index (χ3n) is 3.72. The van der Waals surface area contributed by atoms with Gasteiger partial charge in [-0.2, -0.15) is 9.64 Å². The number of anilines is 1.